The van der Waals surface area contributed by atoms with Crippen LogP contribution in [0.3, 0.4) is 0 Å². The molecule has 0 bridgehead atoms. The number of nitrogens with one attached hydrogen (secondary N) is 2. The maximum atomic E-state index is 6.31. The zero-order valence-corrected chi connectivity index (χ0v) is 17.1. The lowest BCUT2D eigenvalue weighted by atomic mass is 10.1. The first-order valence-corrected chi connectivity index (χ1v) is 9.71. The summed E-state index contributed by atoms with van der Waals surface area (Å²) >= 11 is 6.31. The zero-order valence-electron chi connectivity index (χ0n) is 16.3. The van der Waals surface area contributed by atoms with E-state index in [1.54, 1.807) is 31.1 Å². The highest BCUT2D eigenvalue weighted by molar-refractivity contribution is 6.31. The minimum Gasteiger partial charge on any atom is -0.493 e. The van der Waals surface area contributed by atoms with E-state index in [1.165, 1.54) is 11.1 Å². The van der Waals surface area contributed by atoms with Gasteiger partial charge in [-0.2, -0.15) is 0 Å². The molecular weight excluding hydrogens is 364 g/mol. The van der Waals surface area contributed by atoms with Crippen LogP contribution in [0.1, 0.15) is 11.1 Å². The number of hydrogen-bond donors (Lipinski definition) is 2. The fraction of sp³-hybridized carbons (Fsp3) is 0.429. The predicted molar refractivity (Wildman–Crippen MR) is 106 cm³/mol. The van der Waals surface area contributed by atoms with Gasteiger partial charge in [0.05, 0.1) is 21.3 Å². The maximum absolute atomic E-state index is 6.31. The summed E-state index contributed by atoms with van der Waals surface area (Å²) in [6, 6.07) is 12.3. The smallest absolute Gasteiger partial charge is 0.203 e. The van der Waals surface area contributed by atoms with E-state index >= 15 is 0 Å². The number of methoxy groups -OCH3 is 3. The van der Waals surface area contributed by atoms with Crippen LogP contribution in [0.2, 0.25) is 5.02 Å². The van der Waals surface area contributed by atoms with Crippen LogP contribution in [0.4, 0.5) is 0 Å². The Morgan fingerprint density at radius 2 is 1.37 bits per heavy atom. The van der Waals surface area contributed by atoms with Crippen molar-refractivity contribution in [2.45, 2.75) is 13.1 Å². The molecule has 27 heavy (non-hydrogen) atoms. The lowest BCUT2D eigenvalue weighted by Gasteiger charge is -2.30. The van der Waals surface area contributed by atoms with Crippen molar-refractivity contribution in [3.05, 3.63) is 52.5 Å². The van der Waals surface area contributed by atoms with E-state index in [9.17, 15) is 0 Å². The van der Waals surface area contributed by atoms with Crippen LogP contribution in [0.25, 0.3) is 0 Å². The quantitative estimate of drug-likeness (QED) is 0.733. The van der Waals surface area contributed by atoms with Gasteiger partial charge in [0.25, 0.3) is 0 Å². The Balaban J connectivity index is 1.60. The van der Waals surface area contributed by atoms with Gasteiger partial charge in [-0.15, -0.1) is 0 Å². The first-order valence-electron chi connectivity index (χ1n) is 9.34. The Labute approximate surface area is 166 Å². The monoisotopic (exact) mass is 392 g/mol. The zero-order chi connectivity index (χ0) is 19.2. The molecule has 0 radical (unpaired) electrons. The molecule has 146 valence electrons. The first-order chi connectivity index (χ1) is 13.1. The molecule has 0 aliphatic carbocycles. The van der Waals surface area contributed by atoms with Gasteiger partial charge in [-0.3, -0.25) is 0 Å². The third-order valence-electron chi connectivity index (χ3n) is 5.24. The second-order valence-corrected chi connectivity index (χ2v) is 7.39. The molecule has 2 aromatic carbocycles. The molecule has 6 heteroatoms. The van der Waals surface area contributed by atoms with E-state index in [0.717, 1.165) is 44.3 Å². The minimum absolute atomic E-state index is 0.646. The Kier molecular flexibility index (Phi) is 6.83. The van der Waals surface area contributed by atoms with Gasteiger partial charge < -0.3 is 24.0 Å². The third kappa shape index (κ3) is 4.86. The van der Waals surface area contributed by atoms with Crippen LogP contribution >= 0.6 is 11.6 Å². The predicted octanol–water partition coefficient (Wildman–Crippen LogP) is 0.849. The van der Waals surface area contributed by atoms with E-state index in [1.807, 2.05) is 12.1 Å². The number of piperazine rings is 1. The van der Waals surface area contributed by atoms with Gasteiger partial charge in [0.15, 0.2) is 11.5 Å². The number of quaternary nitrogens is 2. The molecule has 0 amide bonds. The van der Waals surface area contributed by atoms with E-state index in [0.29, 0.717) is 17.2 Å². The molecule has 1 saturated heterocycles. The van der Waals surface area contributed by atoms with Gasteiger partial charge >= 0.3 is 0 Å². The van der Waals surface area contributed by atoms with Crippen molar-refractivity contribution in [2.24, 2.45) is 0 Å². The summed E-state index contributed by atoms with van der Waals surface area (Å²) in [4.78, 5) is 3.17. The molecular formula is C21H29ClN2O3+2. The number of hydrogen-bond acceptors (Lipinski definition) is 3. The molecule has 2 aromatic rings. The topological polar surface area (TPSA) is 36.6 Å². The Bertz CT molecular complexity index is 736. The van der Waals surface area contributed by atoms with Gasteiger partial charge in [0.1, 0.15) is 39.3 Å². The summed E-state index contributed by atoms with van der Waals surface area (Å²) in [5.41, 5.74) is 2.44. The van der Waals surface area contributed by atoms with Gasteiger partial charge in [0, 0.05) is 16.1 Å². The minimum atomic E-state index is 0.646. The average molecular weight is 393 g/mol. The van der Waals surface area contributed by atoms with Crippen molar-refractivity contribution in [1.82, 2.24) is 0 Å². The lowest BCUT2D eigenvalue weighted by molar-refractivity contribution is -1.02. The molecule has 0 saturated carbocycles. The SMILES string of the molecule is COc1cc(C[NH+]2CC[NH+](Cc3ccccc3Cl)CC2)cc(OC)c1OC. The molecule has 0 spiro atoms. The van der Waals surface area contributed by atoms with Crippen molar-refractivity contribution < 1.29 is 24.0 Å². The van der Waals surface area contributed by atoms with Crippen molar-refractivity contribution in [3.8, 4) is 17.2 Å². The highest BCUT2D eigenvalue weighted by Crippen LogP contribution is 2.37. The first kappa shape index (κ1) is 19.8. The van der Waals surface area contributed by atoms with Gasteiger partial charge in [-0.1, -0.05) is 29.8 Å². The summed E-state index contributed by atoms with van der Waals surface area (Å²) in [6.07, 6.45) is 0. The van der Waals surface area contributed by atoms with Gasteiger partial charge in [-0.05, 0) is 18.2 Å². The molecule has 2 N–H and O–H groups in total. The standard InChI is InChI=1S/C21H27ClN2O3/c1-25-19-12-16(13-20(26-2)21(19)27-3)14-23-8-10-24(11-9-23)15-17-6-4-5-7-18(17)22/h4-7,12-13H,8-11,14-15H2,1-3H3/p+2. The number of benzene rings is 2. The molecule has 0 unspecified atom stereocenters. The number of halogens is 1. The van der Waals surface area contributed by atoms with Crippen LogP contribution in [0.5, 0.6) is 17.2 Å². The molecule has 0 aromatic heterocycles. The molecule has 1 aliphatic rings. The third-order valence-corrected chi connectivity index (χ3v) is 5.61. The van der Waals surface area contributed by atoms with Crippen molar-refractivity contribution in [1.29, 1.82) is 0 Å². The Hall–Kier alpha value is -1.95. The molecule has 3 rings (SSSR count). The Morgan fingerprint density at radius 1 is 0.815 bits per heavy atom. The van der Waals surface area contributed by atoms with Gasteiger partial charge in [0.2, 0.25) is 5.75 Å². The van der Waals surface area contributed by atoms with Crippen molar-refractivity contribution in [2.75, 3.05) is 47.5 Å². The van der Waals surface area contributed by atoms with Crippen LogP contribution in [-0.2, 0) is 13.1 Å². The lowest BCUT2D eigenvalue weighted by Crippen LogP contribution is -3.27. The summed E-state index contributed by atoms with van der Waals surface area (Å²) in [6.45, 7) is 6.51. The van der Waals surface area contributed by atoms with Gasteiger partial charge in [-0.25, -0.2) is 0 Å². The van der Waals surface area contributed by atoms with Crippen LogP contribution in [-0.4, -0.2) is 47.5 Å². The van der Waals surface area contributed by atoms with Crippen molar-refractivity contribution in [3.63, 3.8) is 0 Å². The number of ether oxygens (including phenoxy) is 3. The second-order valence-electron chi connectivity index (χ2n) is 6.98. The highest BCUT2D eigenvalue weighted by Gasteiger charge is 2.24. The fourth-order valence-corrected chi connectivity index (χ4v) is 3.95. The molecule has 1 fully saturated rings. The highest BCUT2D eigenvalue weighted by atomic mass is 35.5. The molecule has 1 heterocycles. The fourth-order valence-electron chi connectivity index (χ4n) is 3.75. The van der Waals surface area contributed by atoms with Crippen LogP contribution < -0.4 is 24.0 Å². The summed E-state index contributed by atoms with van der Waals surface area (Å²) in [7, 11) is 4.95. The normalized spacial score (nSPS) is 19.6. The van der Waals surface area contributed by atoms with Crippen LogP contribution in [0.15, 0.2) is 36.4 Å². The van der Waals surface area contributed by atoms with Crippen LogP contribution in [0, 0.1) is 0 Å². The van der Waals surface area contributed by atoms with E-state index < -0.39 is 0 Å². The van der Waals surface area contributed by atoms with Crippen molar-refractivity contribution >= 4 is 11.6 Å². The Morgan fingerprint density at radius 3 is 1.89 bits per heavy atom. The summed E-state index contributed by atoms with van der Waals surface area (Å²) in [5, 5.41) is 0.872. The largest absolute Gasteiger partial charge is 0.493 e. The van der Waals surface area contributed by atoms with E-state index in [4.69, 9.17) is 25.8 Å². The maximum Gasteiger partial charge on any atom is 0.203 e. The second kappa shape index (κ2) is 9.31. The average Bonchev–Trinajstić information content (AvgIpc) is 2.70. The van der Waals surface area contributed by atoms with E-state index in [-0.39, 0.29) is 0 Å². The molecule has 5 nitrogen and oxygen atoms in total. The summed E-state index contributed by atoms with van der Waals surface area (Å²) < 4.78 is 16.4. The van der Waals surface area contributed by atoms with E-state index in [2.05, 4.69) is 24.3 Å². The summed E-state index contributed by atoms with van der Waals surface area (Å²) in [5.74, 6) is 2.08. The molecule has 1 aliphatic heterocycles. The number of rotatable bonds is 7. The molecule has 0 atom stereocenters.